The van der Waals surface area contributed by atoms with Gasteiger partial charge in [0.05, 0.1) is 6.10 Å². The molecule has 15 heavy (non-hydrogen) atoms. The van der Waals surface area contributed by atoms with E-state index in [1.807, 2.05) is 0 Å². The second kappa shape index (κ2) is 6.19. The Kier molecular flexibility index (Phi) is 5.20. The van der Waals surface area contributed by atoms with E-state index in [-0.39, 0.29) is 6.10 Å². The van der Waals surface area contributed by atoms with E-state index in [9.17, 15) is 5.11 Å². The number of thioether (sulfide) groups is 1. The second-order valence-electron chi connectivity index (χ2n) is 4.06. The number of rotatable bonds is 5. The minimum atomic E-state index is -0.195. The van der Waals surface area contributed by atoms with Gasteiger partial charge in [0, 0.05) is 0 Å². The highest BCUT2D eigenvalue weighted by atomic mass is 32.2. The number of aliphatic hydroxyl groups excluding tert-OH is 1. The van der Waals surface area contributed by atoms with Crippen molar-refractivity contribution >= 4 is 11.8 Å². The van der Waals surface area contributed by atoms with Crippen molar-refractivity contribution in [3.63, 3.8) is 0 Å². The third-order valence-corrected chi connectivity index (χ3v) is 3.34. The summed E-state index contributed by atoms with van der Waals surface area (Å²) in [5, 5.41) is 9.78. The van der Waals surface area contributed by atoms with E-state index in [1.54, 1.807) is 11.8 Å². The summed E-state index contributed by atoms with van der Waals surface area (Å²) in [5.41, 5.74) is 3.87. The molecule has 0 radical (unpaired) electrons. The quantitative estimate of drug-likeness (QED) is 0.830. The molecule has 2 heteroatoms. The Morgan fingerprint density at radius 2 is 2.00 bits per heavy atom. The van der Waals surface area contributed by atoms with Crippen molar-refractivity contribution in [2.75, 3.05) is 12.0 Å². The number of aryl methyl sites for hydroxylation is 2. The van der Waals surface area contributed by atoms with Crippen LogP contribution < -0.4 is 0 Å². The lowest BCUT2D eigenvalue weighted by Crippen LogP contribution is -2.11. The van der Waals surface area contributed by atoms with Crippen molar-refractivity contribution in [2.45, 2.75) is 32.8 Å². The molecule has 0 aliphatic heterocycles. The van der Waals surface area contributed by atoms with Crippen molar-refractivity contribution in [3.05, 3.63) is 34.9 Å². The molecule has 0 aliphatic carbocycles. The number of hydrogen-bond donors (Lipinski definition) is 1. The van der Waals surface area contributed by atoms with Gasteiger partial charge in [-0.2, -0.15) is 11.8 Å². The maximum atomic E-state index is 9.78. The first-order valence-electron chi connectivity index (χ1n) is 5.36. The first kappa shape index (κ1) is 12.6. The zero-order valence-corrected chi connectivity index (χ0v) is 10.6. The van der Waals surface area contributed by atoms with E-state index in [0.717, 1.165) is 18.6 Å². The summed E-state index contributed by atoms with van der Waals surface area (Å²) in [5.74, 6) is 1.03. The van der Waals surface area contributed by atoms with Crippen LogP contribution in [0.3, 0.4) is 0 Å². The van der Waals surface area contributed by atoms with Crippen LogP contribution in [0.2, 0.25) is 0 Å². The molecule has 0 saturated carbocycles. The monoisotopic (exact) mass is 224 g/mol. The lowest BCUT2D eigenvalue weighted by molar-refractivity contribution is 0.172. The molecule has 0 spiro atoms. The average molecular weight is 224 g/mol. The second-order valence-corrected chi connectivity index (χ2v) is 5.04. The molecule has 0 fully saturated rings. The van der Waals surface area contributed by atoms with Gasteiger partial charge < -0.3 is 5.11 Å². The van der Waals surface area contributed by atoms with Gasteiger partial charge in [0.1, 0.15) is 0 Å². The minimum absolute atomic E-state index is 0.195. The molecule has 1 aromatic rings. The Balaban J connectivity index is 2.53. The first-order valence-corrected chi connectivity index (χ1v) is 6.76. The molecular formula is C13H20OS. The molecule has 1 unspecified atom stereocenters. The lowest BCUT2D eigenvalue weighted by atomic mass is 10.0. The maximum Gasteiger partial charge on any atom is 0.0588 e. The molecule has 84 valence electrons. The Morgan fingerprint density at radius 3 is 2.60 bits per heavy atom. The van der Waals surface area contributed by atoms with Gasteiger partial charge in [-0.15, -0.1) is 0 Å². The number of aliphatic hydroxyl groups is 1. The van der Waals surface area contributed by atoms with Crippen LogP contribution in [0.1, 0.15) is 23.1 Å². The summed E-state index contributed by atoms with van der Waals surface area (Å²) in [4.78, 5) is 0. The molecule has 0 amide bonds. The van der Waals surface area contributed by atoms with Gasteiger partial charge in [-0.3, -0.25) is 0 Å². The summed E-state index contributed by atoms with van der Waals surface area (Å²) in [6.45, 7) is 4.23. The third kappa shape index (κ3) is 4.27. The highest BCUT2D eigenvalue weighted by Gasteiger charge is 2.05. The fraction of sp³-hybridized carbons (Fsp3) is 0.538. The van der Waals surface area contributed by atoms with Crippen molar-refractivity contribution in [3.8, 4) is 0 Å². The molecule has 0 saturated heterocycles. The van der Waals surface area contributed by atoms with E-state index in [0.29, 0.717) is 0 Å². The fourth-order valence-electron chi connectivity index (χ4n) is 1.56. The van der Waals surface area contributed by atoms with Crippen LogP contribution in [-0.4, -0.2) is 23.2 Å². The van der Waals surface area contributed by atoms with Crippen LogP contribution in [0.4, 0.5) is 0 Å². The van der Waals surface area contributed by atoms with E-state index in [4.69, 9.17) is 0 Å². The number of benzene rings is 1. The molecule has 1 rings (SSSR count). The van der Waals surface area contributed by atoms with Crippen molar-refractivity contribution < 1.29 is 5.11 Å². The van der Waals surface area contributed by atoms with E-state index < -0.39 is 0 Å². The van der Waals surface area contributed by atoms with Crippen molar-refractivity contribution in [2.24, 2.45) is 0 Å². The summed E-state index contributed by atoms with van der Waals surface area (Å²) in [6, 6.07) is 6.42. The molecule has 0 heterocycles. The molecule has 0 aliphatic rings. The highest BCUT2D eigenvalue weighted by molar-refractivity contribution is 7.98. The highest BCUT2D eigenvalue weighted by Crippen LogP contribution is 2.13. The van der Waals surface area contributed by atoms with Gasteiger partial charge in [0.2, 0.25) is 0 Å². The predicted molar refractivity (Wildman–Crippen MR) is 68.6 cm³/mol. The number of hydrogen-bond acceptors (Lipinski definition) is 2. The molecule has 1 aromatic carbocycles. The smallest absolute Gasteiger partial charge is 0.0588 e. The zero-order valence-electron chi connectivity index (χ0n) is 9.79. The Morgan fingerprint density at radius 1 is 1.27 bits per heavy atom. The molecule has 1 N–H and O–H groups in total. The average Bonchev–Trinajstić information content (AvgIpc) is 2.20. The normalized spacial score (nSPS) is 12.8. The van der Waals surface area contributed by atoms with Crippen LogP contribution in [0.15, 0.2) is 18.2 Å². The third-order valence-electron chi connectivity index (χ3n) is 2.70. The molecule has 0 aromatic heterocycles. The van der Waals surface area contributed by atoms with Crippen LogP contribution in [-0.2, 0) is 6.42 Å². The van der Waals surface area contributed by atoms with Gasteiger partial charge in [-0.25, -0.2) is 0 Å². The molecule has 1 atom stereocenters. The van der Waals surface area contributed by atoms with Crippen LogP contribution in [0, 0.1) is 13.8 Å². The van der Waals surface area contributed by atoms with Crippen molar-refractivity contribution in [1.82, 2.24) is 0 Å². The van der Waals surface area contributed by atoms with Crippen LogP contribution >= 0.6 is 11.8 Å². The SMILES string of the molecule is CSCCC(O)Cc1ccc(C)c(C)c1. The summed E-state index contributed by atoms with van der Waals surface area (Å²) in [6.07, 6.45) is 3.54. The maximum absolute atomic E-state index is 9.78. The summed E-state index contributed by atoms with van der Waals surface area (Å²) in [7, 11) is 0. The van der Waals surface area contributed by atoms with Gasteiger partial charge in [-0.05, 0) is 55.4 Å². The standard InChI is InChI=1S/C13H20OS/c1-10-4-5-12(8-11(10)2)9-13(14)6-7-15-3/h4-5,8,13-14H,6-7,9H2,1-3H3. The first-order chi connectivity index (χ1) is 7.13. The van der Waals surface area contributed by atoms with Gasteiger partial charge in [-0.1, -0.05) is 18.2 Å². The van der Waals surface area contributed by atoms with Crippen LogP contribution in [0.25, 0.3) is 0 Å². The minimum Gasteiger partial charge on any atom is -0.393 e. The van der Waals surface area contributed by atoms with E-state index >= 15 is 0 Å². The molecular weight excluding hydrogens is 204 g/mol. The summed E-state index contributed by atoms with van der Waals surface area (Å²) >= 11 is 1.79. The van der Waals surface area contributed by atoms with Crippen molar-refractivity contribution in [1.29, 1.82) is 0 Å². The fourth-order valence-corrected chi connectivity index (χ4v) is 2.07. The molecule has 0 bridgehead atoms. The summed E-state index contributed by atoms with van der Waals surface area (Å²) < 4.78 is 0. The van der Waals surface area contributed by atoms with Gasteiger partial charge >= 0.3 is 0 Å². The Bertz CT molecular complexity index is 309. The van der Waals surface area contributed by atoms with Gasteiger partial charge in [0.15, 0.2) is 0 Å². The zero-order chi connectivity index (χ0) is 11.3. The molecule has 1 nitrogen and oxygen atoms in total. The van der Waals surface area contributed by atoms with E-state index in [2.05, 4.69) is 38.3 Å². The largest absolute Gasteiger partial charge is 0.393 e. The van der Waals surface area contributed by atoms with E-state index in [1.165, 1.54) is 16.7 Å². The predicted octanol–water partition coefficient (Wildman–Crippen LogP) is 2.96. The Hall–Kier alpha value is -0.470. The Labute approximate surface area is 96.9 Å². The van der Waals surface area contributed by atoms with Crippen LogP contribution in [0.5, 0.6) is 0 Å². The topological polar surface area (TPSA) is 20.2 Å². The van der Waals surface area contributed by atoms with Gasteiger partial charge in [0.25, 0.3) is 0 Å². The lowest BCUT2D eigenvalue weighted by Gasteiger charge is -2.11.